The van der Waals surface area contributed by atoms with Gasteiger partial charge in [-0.3, -0.25) is 0 Å². The summed E-state index contributed by atoms with van der Waals surface area (Å²) < 4.78 is 5.08. The van der Waals surface area contributed by atoms with Crippen molar-refractivity contribution >= 4 is 5.95 Å². The van der Waals surface area contributed by atoms with Crippen molar-refractivity contribution in [3.8, 4) is 11.3 Å². The number of hydrogen-bond acceptors (Lipinski definition) is 5. The van der Waals surface area contributed by atoms with Crippen LogP contribution in [0.3, 0.4) is 0 Å². The monoisotopic (exact) mass is 244 g/mol. The predicted molar refractivity (Wildman–Crippen MR) is 69.2 cm³/mol. The standard InChI is InChI=1S/C13H16N4O/c14-11-2-6-17(7-3-11)13-15-5-1-12(16-13)10-4-8-18-9-10/h1,4-5,8-9,11H,2-3,6-7,14H2. The minimum atomic E-state index is 0.318. The normalized spacial score (nSPS) is 17.1. The Hall–Kier alpha value is -1.88. The maximum absolute atomic E-state index is 5.90. The molecule has 0 amide bonds. The second-order valence-electron chi connectivity index (χ2n) is 4.58. The van der Waals surface area contributed by atoms with Crippen LogP contribution < -0.4 is 10.6 Å². The van der Waals surface area contributed by atoms with Crippen LogP contribution in [0.4, 0.5) is 5.95 Å². The summed E-state index contributed by atoms with van der Waals surface area (Å²) in [5.41, 5.74) is 7.77. The average Bonchev–Trinajstić information content (AvgIpc) is 2.94. The maximum Gasteiger partial charge on any atom is 0.225 e. The molecule has 2 N–H and O–H groups in total. The molecule has 0 atom stereocenters. The van der Waals surface area contributed by atoms with Gasteiger partial charge in [-0.05, 0) is 25.0 Å². The molecule has 5 heteroatoms. The van der Waals surface area contributed by atoms with Crippen LogP contribution >= 0.6 is 0 Å². The zero-order valence-corrected chi connectivity index (χ0v) is 10.1. The van der Waals surface area contributed by atoms with Crippen LogP contribution in [0.25, 0.3) is 11.3 Å². The van der Waals surface area contributed by atoms with Gasteiger partial charge in [0.25, 0.3) is 0 Å². The molecular formula is C13H16N4O. The molecule has 0 bridgehead atoms. The molecule has 2 aromatic rings. The third-order valence-electron chi connectivity index (χ3n) is 3.28. The van der Waals surface area contributed by atoms with Crippen molar-refractivity contribution in [3.63, 3.8) is 0 Å². The first-order valence-corrected chi connectivity index (χ1v) is 6.19. The minimum Gasteiger partial charge on any atom is -0.472 e. The summed E-state index contributed by atoms with van der Waals surface area (Å²) in [5.74, 6) is 0.778. The Labute approximate surface area is 106 Å². The third kappa shape index (κ3) is 2.22. The lowest BCUT2D eigenvalue weighted by Crippen LogP contribution is -2.40. The Kier molecular flexibility index (Phi) is 2.98. The van der Waals surface area contributed by atoms with Crippen LogP contribution in [0.2, 0.25) is 0 Å². The van der Waals surface area contributed by atoms with Crippen molar-refractivity contribution in [2.24, 2.45) is 5.73 Å². The Balaban J connectivity index is 1.83. The van der Waals surface area contributed by atoms with E-state index in [9.17, 15) is 0 Å². The van der Waals surface area contributed by atoms with Crippen molar-refractivity contribution in [3.05, 3.63) is 30.9 Å². The fourth-order valence-corrected chi connectivity index (χ4v) is 2.17. The van der Waals surface area contributed by atoms with Crippen molar-refractivity contribution in [1.29, 1.82) is 0 Å². The second kappa shape index (κ2) is 4.78. The molecule has 1 aliphatic heterocycles. The minimum absolute atomic E-state index is 0.318. The van der Waals surface area contributed by atoms with Crippen molar-refractivity contribution < 1.29 is 4.42 Å². The molecule has 0 aliphatic carbocycles. The summed E-state index contributed by atoms with van der Waals surface area (Å²) in [5, 5.41) is 0. The van der Waals surface area contributed by atoms with Gasteiger partial charge in [0, 0.05) is 30.9 Å². The number of anilines is 1. The average molecular weight is 244 g/mol. The quantitative estimate of drug-likeness (QED) is 0.870. The molecule has 2 aromatic heterocycles. The lowest BCUT2D eigenvalue weighted by Gasteiger charge is -2.30. The van der Waals surface area contributed by atoms with Gasteiger partial charge in [-0.1, -0.05) is 0 Å². The number of nitrogens with two attached hydrogens (primary N) is 1. The first-order chi connectivity index (χ1) is 8.83. The molecular weight excluding hydrogens is 228 g/mol. The Morgan fingerprint density at radius 3 is 2.83 bits per heavy atom. The number of aromatic nitrogens is 2. The van der Waals surface area contributed by atoms with Crippen LogP contribution in [0.5, 0.6) is 0 Å². The molecule has 1 fully saturated rings. The highest BCUT2D eigenvalue weighted by atomic mass is 16.3. The Bertz CT molecular complexity index is 503. The Morgan fingerprint density at radius 1 is 1.28 bits per heavy atom. The third-order valence-corrected chi connectivity index (χ3v) is 3.28. The molecule has 94 valence electrons. The van der Waals surface area contributed by atoms with E-state index >= 15 is 0 Å². The first kappa shape index (κ1) is 11.2. The summed E-state index contributed by atoms with van der Waals surface area (Å²) in [4.78, 5) is 11.1. The summed E-state index contributed by atoms with van der Waals surface area (Å²) >= 11 is 0. The van der Waals surface area contributed by atoms with Gasteiger partial charge < -0.3 is 15.1 Å². The van der Waals surface area contributed by atoms with E-state index in [0.717, 1.165) is 43.1 Å². The van der Waals surface area contributed by atoms with Crippen LogP contribution in [0.15, 0.2) is 35.3 Å². The van der Waals surface area contributed by atoms with Gasteiger partial charge in [0.15, 0.2) is 0 Å². The second-order valence-corrected chi connectivity index (χ2v) is 4.58. The summed E-state index contributed by atoms with van der Waals surface area (Å²) in [6, 6.07) is 4.11. The van der Waals surface area contributed by atoms with Gasteiger partial charge in [0.2, 0.25) is 5.95 Å². The SMILES string of the molecule is NC1CCN(c2nccc(-c3ccoc3)n2)CC1. The molecule has 1 aliphatic rings. The molecule has 1 saturated heterocycles. The number of rotatable bonds is 2. The lowest BCUT2D eigenvalue weighted by atomic mass is 10.1. The molecule has 3 heterocycles. The smallest absolute Gasteiger partial charge is 0.225 e. The van der Waals surface area contributed by atoms with E-state index in [0.29, 0.717) is 6.04 Å². The van der Waals surface area contributed by atoms with Crippen molar-refractivity contribution in [2.75, 3.05) is 18.0 Å². The van der Waals surface area contributed by atoms with E-state index in [1.165, 1.54) is 0 Å². The van der Waals surface area contributed by atoms with Gasteiger partial charge in [0.1, 0.15) is 0 Å². The first-order valence-electron chi connectivity index (χ1n) is 6.19. The Morgan fingerprint density at radius 2 is 2.11 bits per heavy atom. The molecule has 3 rings (SSSR count). The van der Waals surface area contributed by atoms with Gasteiger partial charge >= 0.3 is 0 Å². The molecule has 0 aromatic carbocycles. The van der Waals surface area contributed by atoms with E-state index < -0.39 is 0 Å². The van der Waals surface area contributed by atoms with Crippen molar-refractivity contribution in [1.82, 2.24) is 9.97 Å². The number of hydrogen-bond donors (Lipinski definition) is 1. The van der Waals surface area contributed by atoms with E-state index in [1.54, 1.807) is 18.7 Å². The van der Waals surface area contributed by atoms with Gasteiger partial charge in [-0.25, -0.2) is 9.97 Å². The van der Waals surface area contributed by atoms with Crippen LogP contribution in [0.1, 0.15) is 12.8 Å². The molecule has 0 unspecified atom stereocenters. The number of furan rings is 1. The van der Waals surface area contributed by atoms with E-state index in [2.05, 4.69) is 14.9 Å². The highest BCUT2D eigenvalue weighted by molar-refractivity contribution is 5.58. The molecule has 5 nitrogen and oxygen atoms in total. The zero-order valence-electron chi connectivity index (χ0n) is 10.1. The topological polar surface area (TPSA) is 68.2 Å². The molecule has 0 radical (unpaired) electrons. The van der Waals surface area contributed by atoms with Crippen LogP contribution in [-0.2, 0) is 0 Å². The summed E-state index contributed by atoms with van der Waals surface area (Å²) in [6.07, 6.45) is 7.13. The fraction of sp³-hybridized carbons (Fsp3) is 0.385. The number of nitrogens with zero attached hydrogens (tertiary/aromatic N) is 3. The van der Waals surface area contributed by atoms with Gasteiger partial charge in [0.05, 0.1) is 18.2 Å². The largest absolute Gasteiger partial charge is 0.472 e. The molecule has 0 saturated carbocycles. The maximum atomic E-state index is 5.90. The van der Waals surface area contributed by atoms with E-state index in [1.807, 2.05) is 12.1 Å². The highest BCUT2D eigenvalue weighted by Crippen LogP contribution is 2.21. The zero-order chi connectivity index (χ0) is 12.4. The predicted octanol–water partition coefficient (Wildman–Crippen LogP) is 1.66. The number of piperidine rings is 1. The lowest BCUT2D eigenvalue weighted by molar-refractivity contribution is 0.495. The highest BCUT2D eigenvalue weighted by Gasteiger charge is 2.18. The summed E-state index contributed by atoms with van der Waals surface area (Å²) in [7, 11) is 0. The fourth-order valence-electron chi connectivity index (χ4n) is 2.17. The van der Waals surface area contributed by atoms with E-state index in [-0.39, 0.29) is 0 Å². The molecule has 0 spiro atoms. The molecule has 18 heavy (non-hydrogen) atoms. The van der Waals surface area contributed by atoms with E-state index in [4.69, 9.17) is 10.2 Å². The van der Waals surface area contributed by atoms with Crippen molar-refractivity contribution in [2.45, 2.75) is 18.9 Å². The van der Waals surface area contributed by atoms with Gasteiger partial charge in [-0.2, -0.15) is 0 Å². The van der Waals surface area contributed by atoms with Crippen LogP contribution in [-0.4, -0.2) is 29.1 Å². The summed E-state index contributed by atoms with van der Waals surface area (Å²) in [6.45, 7) is 1.85. The van der Waals surface area contributed by atoms with Crippen LogP contribution in [0, 0.1) is 0 Å². The van der Waals surface area contributed by atoms with Gasteiger partial charge in [-0.15, -0.1) is 0 Å².